The summed E-state index contributed by atoms with van der Waals surface area (Å²) in [5.74, 6) is 9.17. The Kier molecular flexibility index (Phi) is 9.00. The van der Waals surface area contributed by atoms with Crippen LogP contribution in [0.15, 0.2) is 12.2 Å². The molecule has 0 radical (unpaired) electrons. The first-order valence-corrected chi connectivity index (χ1v) is 14.1. The lowest BCUT2D eigenvalue weighted by atomic mass is 9.64. The highest BCUT2D eigenvalue weighted by Crippen LogP contribution is 2.49. The highest BCUT2D eigenvalue weighted by Gasteiger charge is 2.43. The number of hydrogen-bond acceptors (Lipinski definition) is 2. The van der Waals surface area contributed by atoms with Crippen molar-refractivity contribution in [3.63, 3.8) is 0 Å². The van der Waals surface area contributed by atoms with Gasteiger partial charge in [0, 0.05) is 12.3 Å². The molecule has 5 atom stereocenters. The third kappa shape index (κ3) is 6.29. The van der Waals surface area contributed by atoms with Gasteiger partial charge in [-0.25, -0.2) is 0 Å². The first kappa shape index (κ1) is 27.3. The normalized spacial score (nSPS) is 33.4. The van der Waals surface area contributed by atoms with Gasteiger partial charge in [-0.3, -0.25) is 4.79 Å². The molecule has 0 saturated heterocycles. The van der Waals surface area contributed by atoms with Crippen LogP contribution in [0.5, 0.6) is 0 Å². The number of carbonyl (C=O) groups is 1. The molecule has 2 fully saturated rings. The molecule has 0 bridgehead atoms. The van der Waals surface area contributed by atoms with Gasteiger partial charge in [-0.05, 0) is 79.6 Å². The van der Waals surface area contributed by atoms with E-state index in [2.05, 4.69) is 57.9 Å². The molecule has 0 heterocycles. The van der Waals surface area contributed by atoms with E-state index in [0.29, 0.717) is 11.8 Å². The van der Waals surface area contributed by atoms with E-state index in [0.717, 1.165) is 30.6 Å². The summed E-state index contributed by atoms with van der Waals surface area (Å²) in [6.45, 7) is 15.6. The van der Waals surface area contributed by atoms with Gasteiger partial charge in [-0.1, -0.05) is 79.2 Å². The predicted molar refractivity (Wildman–Crippen MR) is 142 cm³/mol. The molecule has 192 valence electrons. The largest absolute Gasteiger partial charge is 0.391 e. The summed E-state index contributed by atoms with van der Waals surface area (Å²) in [6, 6.07) is -0.217. The van der Waals surface area contributed by atoms with Crippen LogP contribution in [0.2, 0.25) is 0 Å². The molecule has 3 nitrogen and oxygen atoms in total. The molecule has 3 aliphatic carbocycles. The summed E-state index contributed by atoms with van der Waals surface area (Å²) in [5.41, 5.74) is -0.222. The van der Waals surface area contributed by atoms with Crippen molar-refractivity contribution in [2.45, 2.75) is 118 Å². The zero-order valence-corrected chi connectivity index (χ0v) is 23.0. The van der Waals surface area contributed by atoms with E-state index in [1.165, 1.54) is 38.5 Å². The van der Waals surface area contributed by atoms with Crippen LogP contribution in [0.3, 0.4) is 0 Å². The monoisotopic (exact) mass is 469 g/mol. The summed E-state index contributed by atoms with van der Waals surface area (Å²) in [4.78, 5) is 13.4. The van der Waals surface area contributed by atoms with E-state index < -0.39 is 11.5 Å². The molecule has 0 aliphatic heterocycles. The Bertz CT molecular complexity index is 775. The third-order valence-corrected chi connectivity index (χ3v) is 9.86. The number of hydrogen-bond donors (Lipinski definition) is 2. The lowest BCUT2D eigenvalue weighted by molar-refractivity contribution is -0.133. The SMILES string of the molecule is CC1CCC([C@H]2CCC(C(O)[C@H](NC(=O)C(C)(C)C3C=CC#CC3)C(C)C)CCC2(C)C)CC1. The van der Waals surface area contributed by atoms with Gasteiger partial charge in [-0.15, -0.1) is 0 Å². The zero-order valence-electron chi connectivity index (χ0n) is 23.0. The van der Waals surface area contributed by atoms with E-state index in [1.807, 2.05) is 19.9 Å². The van der Waals surface area contributed by atoms with Crippen molar-refractivity contribution < 1.29 is 9.90 Å². The average Bonchev–Trinajstić information content (AvgIpc) is 2.95. The Morgan fingerprint density at radius 2 is 1.76 bits per heavy atom. The lowest BCUT2D eigenvalue weighted by Crippen LogP contribution is -2.54. The average molecular weight is 470 g/mol. The quantitative estimate of drug-likeness (QED) is 0.320. The maximum absolute atomic E-state index is 13.4. The Morgan fingerprint density at radius 3 is 2.35 bits per heavy atom. The second-order valence-electron chi connectivity index (χ2n) is 13.4. The van der Waals surface area contributed by atoms with Crippen molar-refractivity contribution in [2.75, 3.05) is 0 Å². The maximum Gasteiger partial charge on any atom is 0.226 e. The molecule has 3 unspecified atom stereocenters. The van der Waals surface area contributed by atoms with E-state index in [4.69, 9.17) is 0 Å². The highest BCUT2D eigenvalue weighted by molar-refractivity contribution is 5.83. The minimum absolute atomic E-state index is 0.0340. The van der Waals surface area contributed by atoms with Crippen LogP contribution in [-0.2, 0) is 4.79 Å². The van der Waals surface area contributed by atoms with Crippen molar-refractivity contribution in [1.29, 1.82) is 0 Å². The third-order valence-electron chi connectivity index (χ3n) is 9.86. The standard InChI is InChI=1S/C31H51NO2/c1-21(2)27(32-29(34)31(6,7)25-11-9-8-10-12-25)28(33)24-17-18-26(30(4,5)20-19-24)23-15-13-22(3)14-16-23/h9,11,21-28,33H,12-20H2,1-7H3,(H,32,34)/t22?,23?,24?,25?,26-,27-,28?/m1/s1. The molecule has 0 aromatic heterocycles. The van der Waals surface area contributed by atoms with Gasteiger partial charge in [0.05, 0.1) is 17.6 Å². The van der Waals surface area contributed by atoms with Crippen LogP contribution >= 0.6 is 0 Å². The minimum atomic E-state index is -0.548. The van der Waals surface area contributed by atoms with E-state index in [-0.39, 0.29) is 29.7 Å². The Hall–Kier alpha value is -1.27. The number of amides is 1. The fourth-order valence-corrected chi connectivity index (χ4v) is 6.98. The van der Waals surface area contributed by atoms with Gasteiger partial charge < -0.3 is 10.4 Å². The van der Waals surface area contributed by atoms with E-state index in [1.54, 1.807) is 0 Å². The fraction of sp³-hybridized carbons (Fsp3) is 0.839. The first-order valence-electron chi connectivity index (χ1n) is 14.1. The van der Waals surface area contributed by atoms with E-state index >= 15 is 0 Å². The molecular formula is C31H51NO2. The lowest BCUT2D eigenvalue weighted by Gasteiger charge is -2.41. The smallest absolute Gasteiger partial charge is 0.226 e. The van der Waals surface area contributed by atoms with Gasteiger partial charge >= 0.3 is 0 Å². The molecule has 0 aromatic carbocycles. The summed E-state index contributed by atoms with van der Waals surface area (Å²) in [7, 11) is 0. The summed E-state index contributed by atoms with van der Waals surface area (Å²) < 4.78 is 0. The van der Waals surface area contributed by atoms with Gasteiger partial charge in [0.1, 0.15) is 0 Å². The summed E-state index contributed by atoms with van der Waals surface area (Å²) in [6.07, 6.45) is 14.2. The topological polar surface area (TPSA) is 49.3 Å². The van der Waals surface area contributed by atoms with E-state index in [9.17, 15) is 9.90 Å². The van der Waals surface area contributed by atoms with Gasteiger partial charge in [0.15, 0.2) is 0 Å². The van der Waals surface area contributed by atoms with Crippen molar-refractivity contribution in [1.82, 2.24) is 5.32 Å². The van der Waals surface area contributed by atoms with Gasteiger partial charge in [0.25, 0.3) is 0 Å². The second-order valence-corrected chi connectivity index (χ2v) is 13.4. The molecule has 3 aliphatic rings. The van der Waals surface area contributed by atoms with Crippen LogP contribution in [-0.4, -0.2) is 23.2 Å². The molecule has 34 heavy (non-hydrogen) atoms. The van der Waals surface area contributed by atoms with Gasteiger partial charge in [-0.2, -0.15) is 0 Å². The minimum Gasteiger partial charge on any atom is -0.391 e. The number of nitrogens with one attached hydrogen (secondary N) is 1. The Balaban J connectivity index is 1.67. The number of allylic oxidation sites excluding steroid dienone is 2. The number of carbonyl (C=O) groups excluding carboxylic acids is 1. The van der Waals surface area contributed by atoms with Crippen molar-refractivity contribution in [3.8, 4) is 11.8 Å². The Labute approximate surface area is 209 Å². The summed E-state index contributed by atoms with van der Waals surface area (Å²) >= 11 is 0. The molecule has 3 heteroatoms. The first-order chi connectivity index (χ1) is 15.9. The molecule has 1 amide bonds. The molecule has 0 spiro atoms. The molecule has 0 aromatic rings. The van der Waals surface area contributed by atoms with Crippen LogP contribution in [0.1, 0.15) is 106 Å². The van der Waals surface area contributed by atoms with Crippen molar-refractivity contribution in [3.05, 3.63) is 12.2 Å². The van der Waals surface area contributed by atoms with Crippen LogP contribution in [0.4, 0.5) is 0 Å². The molecule has 3 rings (SSSR count). The van der Waals surface area contributed by atoms with Crippen LogP contribution in [0, 0.1) is 58.2 Å². The van der Waals surface area contributed by atoms with Crippen molar-refractivity contribution in [2.24, 2.45) is 46.3 Å². The highest BCUT2D eigenvalue weighted by atomic mass is 16.3. The number of rotatable bonds is 7. The van der Waals surface area contributed by atoms with Crippen LogP contribution in [0.25, 0.3) is 0 Å². The summed E-state index contributed by atoms with van der Waals surface area (Å²) in [5, 5.41) is 14.9. The molecule has 2 saturated carbocycles. The Morgan fingerprint density at radius 1 is 1.09 bits per heavy atom. The van der Waals surface area contributed by atoms with Crippen LogP contribution < -0.4 is 5.32 Å². The molecular weight excluding hydrogens is 418 g/mol. The second kappa shape index (κ2) is 11.2. The predicted octanol–water partition coefficient (Wildman–Crippen LogP) is 6.75. The number of aliphatic hydroxyl groups is 1. The number of aliphatic hydroxyl groups excluding tert-OH is 1. The maximum atomic E-state index is 13.4. The van der Waals surface area contributed by atoms with Gasteiger partial charge in [0.2, 0.25) is 5.91 Å². The molecule has 2 N–H and O–H groups in total. The zero-order chi connectivity index (χ0) is 25.1. The fourth-order valence-electron chi connectivity index (χ4n) is 6.98. The van der Waals surface area contributed by atoms with Crippen molar-refractivity contribution >= 4 is 5.91 Å².